The van der Waals surface area contributed by atoms with Crippen molar-refractivity contribution >= 4 is 11.9 Å². The standard InChI is InChI=1S/C15H23NO3/c1-9(13(17)18)16(2)14(19)15-6-10-3-11(7-15)5-12(4-10)8-15/h9-12H,3-8H2,1-2H3,(H,17,18). The molecule has 0 aromatic rings. The summed E-state index contributed by atoms with van der Waals surface area (Å²) in [6.07, 6.45) is 6.87. The Morgan fingerprint density at radius 2 is 1.53 bits per heavy atom. The van der Waals surface area contributed by atoms with Gasteiger partial charge in [0.25, 0.3) is 0 Å². The van der Waals surface area contributed by atoms with Crippen LogP contribution in [0.4, 0.5) is 0 Å². The van der Waals surface area contributed by atoms with Crippen molar-refractivity contribution in [3.05, 3.63) is 0 Å². The van der Waals surface area contributed by atoms with E-state index >= 15 is 0 Å². The van der Waals surface area contributed by atoms with Crippen LogP contribution in [0.15, 0.2) is 0 Å². The highest BCUT2D eigenvalue weighted by Gasteiger charge is 2.55. The van der Waals surface area contributed by atoms with Crippen LogP contribution in [0.25, 0.3) is 0 Å². The van der Waals surface area contributed by atoms with Gasteiger partial charge >= 0.3 is 5.97 Å². The van der Waals surface area contributed by atoms with Crippen LogP contribution < -0.4 is 0 Å². The zero-order chi connectivity index (χ0) is 13.8. The molecule has 0 radical (unpaired) electrons. The van der Waals surface area contributed by atoms with Crippen LogP contribution in [0, 0.1) is 23.2 Å². The van der Waals surface area contributed by atoms with E-state index in [1.54, 1.807) is 14.0 Å². The maximum atomic E-state index is 12.8. The quantitative estimate of drug-likeness (QED) is 0.850. The van der Waals surface area contributed by atoms with Gasteiger partial charge in [0.15, 0.2) is 0 Å². The van der Waals surface area contributed by atoms with E-state index in [0.29, 0.717) is 17.8 Å². The Bertz CT molecular complexity index is 382. The Morgan fingerprint density at radius 3 is 1.89 bits per heavy atom. The molecule has 4 aliphatic carbocycles. The average Bonchev–Trinajstić information content (AvgIpc) is 2.34. The van der Waals surface area contributed by atoms with E-state index in [-0.39, 0.29) is 11.3 Å². The predicted molar refractivity (Wildman–Crippen MR) is 70.5 cm³/mol. The van der Waals surface area contributed by atoms with Crippen LogP contribution in [0.3, 0.4) is 0 Å². The lowest BCUT2D eigenvalue weighted by atomic mass is 9.49. The molecule has 0 aromatic carbocycles. The van der Waals surface area contributed by atoms with Crippen molar-refractivity contribution < 1.29 is 14.7 Å². The number of carboxylic acid groups (broad SMARTS) is 1. The topological polar surface area (TPSA) is 57.6 Å². The fourth-order valence-corrected chi connectivity index (χ4v) is 5.09. The van der Waals surface area contributed by atoms with Crippen LogP contribution in [-0.4, -0.2) is 35.0 Å². The summed E-state index contributed by atoms with van der Waals surface area (Å²) in [5.41, 5.74) is -0.229. The lowest BCUT2D eigenvalue weighted by molar-refractivity contribution is -0.163. The minimum atomic E-state index is -0.916. The van der Waals surface area contributed by atoms with Crippen LogP contribution in [-0.2, 0) is 9.59 Å². The zero-order valence-electron chi connectivity index (χ0n) is 11.8. The molecule has 4 heteroatoms. The van der Waals surface area contributed by atoms with E-state index < -0.39 is 12.0 Å². The number of amides is 1. The van der Waals surface area contributed by atoms with Gasteiger partial charge in [0.2, 0.25) is 5.91 Å². The van der Waals surface area contributed by atoms with Crippen LogP contribution >= 0.6 is 0 Å². The van der Waals surface area contributed by atoms with Crippen LogP contribution in [0.2, 0.25) is 0 Å². The maximum absolute atomic E-state index is 12.8. The lowest BCUT2D eigenvalue weighted by Crippen LogP contribution is -2.56. The first-order valence-electron chi connectivity index (χ1n) is 7.41. The molecule has 0 aromatic heterocycles. The lowest BCUT2D eigenvalue weighted by Gasteiger charge is -2.56. The Morgan fingerprint density at radius 1 is 1.11 bits per heavy atom. The first kappa shape index (κ1) is 12.9. The summed E-state index contributed by atoms with van der Waals surface area (Å²) in [4.78, 5) is 25.4. The summed E-state index contributed by atoms with van der Waals surface area (Å²) >= 11 is 0. The predicted octanol–water partition coefficient (Wildman–Crippen LogP) is 2.13. The van der Waals surface area contributed by atoms with Gasteiger partial charge in [-0.05, 0) is 63.2 Å². The van der Waals surface area contributed by atoms with Gasteiger partial charge in [-0.25, -0.2) is 4.79 Å². The molecular formula is C15H23NO3. The third-order valence-electron chi connectivity index (χ3n) is 5.75. The molecule has 0 heterocycles. The number of carbonyl (C=O) groups is 2. The number of rotatable bonds is 3. The summed E-state index contributed by atoms with van der Waals surface area (Å²) in [5.74, 6) is 1.30. The van der Waals surface area contributed by atoms with Gasteiger partial charge in [-0.1, -0.05) is 0 Å². The molecule has 4 nitrogen and oxygen atoms in total. The molecule has 106 valence electrons. The maximum Gasteiger partial charge on any atom is 0.326 e. The van der Waals surface area contributed by atoms with E-state index in [9.17, 15) is 9.59 Å². The Balaban J connectivity index is 1.81. The minimum absolute atomic E-state index is 0.0847. The van der Waals surface area contributed by atoms with E-state index in [0.717, 1.165) is 19.3 Å². The molecule has 4 bridgehead atoms. The third kappa shape index (κ3) is 1.96. The summed E-state index contributed by atoms with van der Waals surface area (Å²) < 4.78 is 0. The number of hydrogen-bond donors (Lipinski definition) is 1. The minimum Gasteiger partial charge on any atom is -0.480 e. The van der Waals surface area contributed by atoms with Crippen molar-refractivity contribution in [2.45, 2.75) is 51.5 Å². The second-order valence-corrected chi connectivity index (χ2v) is 7.13. The van der Waals surface area contributed by atoms with E-state index in [2.05, 4.69) is 0 Å². The molecule has 0 saturated heterocycles. The van der Waals surface area contributed by atoms with Crippen molar-refractivity contribution in [3.63, 3.8) is 0 Å². The number of likely N-dealkylation sites (N-methyl/N-ethyl adjacent to an activating group) is 1. The summed E-state index contributed by atoms with van der Waals surface area (Å²) in [5, 5.41) is 9.09. The molecule has 4 fully saturated rings. The van der Waals surface area contributed by atoms with Gasteiger partial charge in [0.05, 0.1) is 5.41 Å². The second-order valence-electron chi connectivity index (χ2n) is 7.13. The van der Waals surface area contributed by atoms with Gasteiger partial charge in [-0.3, -0.25) is 4.79 Å². The largest absolute Gasteiger partial charge is 0.480 e. The summed E-state index contributed by atoms with van der Waals surface area (Å²) in [7, 11) is 1.65. The Kier molecular flexibility index (Phi) is 2.88. The van der Waals surface area contributed by atoms with Gasteiger partial charge in [0.1, 0.15) is 6.04 Å². The number of nitrogens with zero attached hydrogens (tertiary/aromatic N) is 1. The molecule has 1 amide bonds. The highest BCUT2D eigenvalue weighted by Crippen LogP contribution is 2.60. The first-order chi connectivity index (χ1) is 8.91. The van der Waals surface area contributed by atoms with Crippen molar-refractivity contribution in [1.29, 1.82) is 0 Å². The van der Waals surface area contributed by atoms with Gasteiger partial charge in [-0.2, -0.15) is 0 Å². The number of carbonyl (C=O) groups excluding carboxylic acids is 1. The molecule has 1 atom stereocenters. The first-order valence-corrected chi connectivity index (χ1v) is 7.41. The number of carboxylic acids is 1. The highest BCUT2D eigenvalue weighted by molar-refractivity contribution is 5.87. The molecule has 1 N–H and O–H groups in total. The SMILES string of the molecule is CC(C(=O)O)N(C)C(=O)C12CC3CC(CC(C3)C1)C2. The van der Waals surface area contributed by atoms with Crippen molar-refractivity contribution in [1.82, 2.24) is 4.90 Å². The van der Waals surface area contributed by atoms with E-state index in [1.807, 2.05) is 0 Å². The monoisotopic (exact) mass is 265 g/mol. The molecule has 1 unspecified atom stereocenters. The number of hydrogen-bond acceptors (Lipinski definition) is 2. The molecule has 0 spiro atoms. The van der Waals surface area contributed by atoms with E-state index in [4.69, 9.17) is 5.11 Å². The van der Waals surface area contributed by atoms with Gasteiger partial charge in [-0.15, -0.1) is 0 Å². The van der Waals surface area contributed by atoms with Crippen molar-refractivity contribution in [2.75, 3.05) is 7.05 Å². The molecule has 4 rings (SSSR count). The highest BCUT2D eigenvalue weighted by atomic mass is 16.4. The molecule has 19 heavy (non-hydrogen) atoms. The molecular weight excluding hydrogens is 242 g/mol. The molecule has 0 aliphatic heterocycles. The van der Waals surface area contributed by atoms with Gasteiger partial charge in [0, 0.05) is 7.05 Å². The summed E-state index contributed by atoms with van der Waals surface area (Å²) in [6, 6.07) is -0.722. The summed E-state index contributed by atoms with van der Waals surface area (Å²) in [6.45, 7) is 1.60. The Hall–Kier alpha value is -1.06. The van der Waals surface area contributed by atoms with Crippen LogP contribution in [0.1, 0.15) is 45.4 Å². The van der Waals surface area contributed by atoms with Gasteiger partial charge < -0.3 is 10.0 Å². The smallest absolute Gasteiger partial charge is 0.326 e. The second kappa shape index (κ2) is 4.22. The fourth-order valence-electron chi connectivity index (χ4n) is 5.09. The molecule has 4 saturated carbocycles. The van der Waals surface area contributed by atoms with Crippen molar-refractivity contribution in [2.24, 2.45) is 23.2 Å². The van der Waals surface area contributed by atoms with E-state index in [1.165, 1.54) is 24.2 Å². The zero-order valence-corrected chi connectivity index (χ0v) is 11.8. The van der Waals surface area contributed by atoms with Crippen molar-refractivity contribution in [3.8, 4) is 0 Å². The van der Waals surface area contributed by atoms with Crippen LogP contribution in [0.5, 0.6) is 0 Å². The normalized spacial score (nSPS) is 41.1. The average molecular weight is 265 g/mol. The molecule has 4 aliphatic rings. The Labute approximate surface area is 114 Å². The third-order valence-corrected chi connectivity index (χ3v) is 5.75. The number of aliphatic carboxylic acids is 1. The fraction of sp³-hybridized carbons (Fsp3) is 0.867.